The molecule has 0 aliphatic rings. The number of benzene rings is 1. The lowest BCUT2D eigenvalue weighted by Crippen LogP contribution is -2.20. The molecule has 3 heteroatoms. The van der Waals surface area contributed by atoms with Gasteiger partial charge in [-0.05, 0) is 24.6 Å². The molecule has 0 spiro atoms. The maximum absolute atomic E-state index is 8.61. The first-order valence-electron chi connectivity index (χ1n) is 5.67. The minimum atomic E-state index is 0.518. The van der Waals surface area contributed by atoms with Crippen molar-refractivity contribution in [2.75, 3.05) is 18.5 Å². The molecule has 2 rings (SSSR count). The fraction of sp³-hybridized carbons (Fsp3) is 0.286. The van der Waals surface area contributed by atoms with Crippen LogP contribution in [0.3, 0.4) is 0 Å². The third kappa shape index (κ3) is 2.36. The quantitative estimate of drug-likeness (QED) is 0.806. The Labute approximate surface area is 101 Å². The summed E-state index contributed by atoms with van der Waals surface area (Å²) in [6, 6.07) is 12.4. The molecular weight excluding hydrogens is 210 g/mol. The average molecular weight is 225 g/mol. The van der Waals surface area contributed by atoms with Crippen molar-refractivity contribution in [3.63, 3.8) is 0 Å². The number of fused-ring (bicyclic) bond motifs is 1. The van der Waals surface area contributed by atoms with E-state index < -0.39 is 0 Å². The lowest BCUT2D eigenvalue weighted by atomic mass is 10.1. The summed E-state index contributed by atoms with van der Waals surface area (Å²) in [6.07, 6.45) is 0.518. The molecule has 0 fully saturated rings. The Morgan fingerprint density at radius 3 is 2.88 bits per heavy atom. The molecule has 1 aromatic carbocycles. The van der Waals surface area contributed by atoms with E-state index in [2.05, 4.69) is 30.1 Å². The molecule has 0 saturated carbocycles. The summed E-state index contributed by atoms with van der Waals surface area (Å²) in [4.78, 5) is 6.68. The van der Waals surface area contributed by atoms with Crippen LogP contribution in [0.5, 0.6) is 0 Å². The molecule has 1 heterocycles. The molecule has 3 nitrogen and oxygen atoms in total. The number of pyridine rings is 1. The Morgan fingerprint density at radius 2 is 2.12 bits per heavy atom. The van der Waals surface area contributed by atoms with Gasteiger partial charge in [0.1, 0.15) is 5.82 Å². The van der Waals surface area contributed by atoms with Crippen molar-refractivity contribution >= 4 is 16.7 Å². The van der Waals surface area contributed by atoms with Gasteiger partial charge in [0, 0.05) is 19.0 Å². The van der Waals surface area contributed by atoms with Gasteiger partial charge in [-0.15, -0.1) is 0 Å². The molecule has 0 bridgehead atoms. The topological polar surface area (TPSA) is 39.9 Å². The van der Waals surface area contributed by atoms with Crippen LogP contribution in [0.1, 0.15) is 12.0 Å². The molecule has 86 valence electrons. The highest BCUT2D eigenvalue weighted by atomic mass is 15.2. The van der Waals surface area contributed by atoms with Crippen molar-refractivity contribution in [3.8, 4) is 6.07 Å². The van der Waals surface area contributed by atoms with E-state index >= 15 is 0 Å². The Morgan fingerprint density at radius 1 is 1.35 bits per heavy atom. The number of anilines is 1. The van der Waals surface area contributed by atoms with Crippen LogP contribution in [0.25, 0.3) is 10.9 Å². The molecule has 0 saturated heterocycles. The molecule has 0 unspecified atom stereocenters. The number of para-hydroxylation sites is 1. The van der Waals surface area contributed by atoms with Crippen LogP contribution in [0.15, 0.2) is 30.3 Å². The number of rotatable bonds is 3. The van der Waals surface area contributed by atoms with Gasteiger partial charge in [0.2, 0.25) is 0 Å². The van der Waals surface area contributed by atoms with E-state index in [1.807, 2.05) is 30.1 Å². The molecule has 2 aromatic rings. The summed E-state index contributed by atoms with van der Waals surface area (Å²) in [7, 11) is 1.97. The van der Waals surface area contributed by atoms with Crippen LogP contribution >= 0.6 is 0 Å². The van der Waals surface area contributed by atoms with Gasteiger partial charge in [-0.25, -0.2) is 4.98 Å². The Bertz CT molecular complexity index is 569. The Balaban J connectivity index is 2.40. The summed E-state index contributed by atoms with van der Waals surface area (Å²) < 4.78 is 0. The number of aromatic nitrogens is 1. The molecule has 0 amide bonds. The van der Waals surface area contributed by atoms with E-state index in [1.165, 1.54) is 0 Å². The highest BCUT2D eigenvalue weighted by Crippen LogP contribution is 2.21. The van der Waals surface area contributed by atoms with Crippen LogP contribution in [0.4, 0.5) is 5.82 Å². The van der Waals surface area contributed by atoms with Crippen molar-refractivity contribution in [1.29, 1.82) is 5.26 Å². The Kier molecular flexibility index (Phi) is 3.24. The smallest absolute Gasteiger partial charge is 0.131 e. The summed E-state index contributed by atoms with van der Waals surface area (Å²) in [5.41, 5.74) is 2.14. The summed E-state index contributed by atoms with van der Waals surface area (Å²) in [5, 5.41) is 9.76. The summed E-state index contributed by atoms with van der Waals surface area (Å²) in [5.74, 6) is 0.957. The first kappa shape index (κ1) is 11.4. The highest BCUT2D eigenvalue weighted by Gasteiger charge is 2.07. The number of aryl methyl sites for hydroxylation is 1. The van der Waals surface area contributed by atoms with E-state index in [1.54, 1.807) is 0 Å². The van der Waals surface area contributed by atoms with Crippen LogP contribution in [-0.4, -0.2) is 18.6 Å². The van der Waals surface area contributed by atoms with E-state index in [4.69, 9.17) is 5.26 Å². The van der Waals surface area contributed by atoms with Crippen molar-refractivity contribution in [1.82, 2.24) is 4.98 Å². The van der Waals surface area contributed by atoms with Crippen LogP contribution in [0, 0.1) is 18.3 Å². The number of nitriles is 1. The lowest BCUT2D eigenvalue weighted by molar-refractivity contribution is 0.883. The zero-order chi connectivity index (χ0) is 12.3. The average Bonchev–Trinajstić information content (AvgIpc) is 2.35. The predicted octanol–water partition coefficient (Wildman–Crippen LogP) is 2.89. The first-order valence-corrected chi connectivity index (χ1v) is 5.67. The van der Waals surface area contributed by atoms with Gasteiger partial charge in [-0.1, -0.05) is 18.2 Å². The SMILES string of the molecule is Cc1cc2ccccc2nc1N(C)CCC#N. The monoisotopic (exact) mass is 225 g/mol. The van der Waals surface area contributed by atoms with Crippen molar-refractivity contribution in [2.24, 2.45) is 0 Å². The van der Waals surface area contributed by atoms with Crippen LogP contribution in [-0.2, 0) is 0 Å². The second kappa shape index (κ2) is 4.84. The lowest BCUT2D eigenvalue weighted by Gasteiger charge is -2.19. The number of hydrogen-bond acceptors (Lipinski definition) is 3. The Hall–Kier alpha value is -2.08. The molecule has 17 heavy (non-hydrogen) atoms. The molecule has 0 radical (unpaired) electrons. The largest absolute Gasteiger partial charge is 0.358 e. The van der Waals surface area contributed by atoms with Gasteiger partial charge in [-0.3, -0.25) is 0 Å². The van der Waals surface area contributed by atoms with Crippen LogP contribution < -0.4 is 4.90 Å². The fourth-order valence-corrected chi connectivity index (χ4v) is 1.92. The highest BCUT2D eigenvalue weighted by molar-refractivity contribution is 5.81. The van der Waals surface area contributed by atoms with Gasteiger partial charge < -0.3 is 4.90 Å². The summed E-state index contributed by atoms with van der Waals surface area (Å²) in [6.45, 7) is 2.76. The molecule has 0 N–H and O–H groups in total. The predicted molar refractivity (Wildman–Crippen MR) is 70.0 cm³/mol. The standard InChI is InChI=1S/C14H15N3/c1-11-10-12-6-3-4-7-13(12)16-14(11)17(2)9-5-8-15/h3-4,6-7,10H,5,9H2,1-2H3. The maximum atomic E-state index is 8.61. The van der Waals surface area contributed by atoms with E-state index in [0.717, 1.165) is 22.3 Å². The second-order valence-corrected chi connectivity index (χ2v) is 4.15. The number of hydrogen-bond donors (Lipinski definition) is 0. The first-order chi connectivity index (χ1) is 8.22. The van der Waals surface area contributed by atoms with Crippen molar-refractivity contribution in [2.45, 2.75) is 13.3 Å². The van der Waals surface area contributed by atoms with Gasteiger partial charge in [0.15, 0.2) is 0 Å². The molecule has 1 aromatic heterocycles. The zero-order valence-electron chi connectivity index (χ0n) is 10.1. The molecule has 0 atom stereocenters. The van der Waals surface area contributed by atoms with Gasteiger partial charge in [0.25, 0.3) is 0 Å². The number of nitrogens with zero attached hydrogens (tertiary/aromatic N) is 3. The van der Waals surface area contributed by atoms with Gasteiger partial charge >= 0.3 is 0 Å². The fourth-order valence-electron chi connectivity index (χ4n) is 1.92. The van der Waals surface area contributed by atoms with E-state index in [-0.39, 0.29) is 0 Å². The normalized spacial score (nSPS) is 10.2. The zero-order valence-corrected chi connectivity index (χ0v) is 10.1. The maximum Gasteiger partial charge on any atom is 0.131 e. The van der Waals surface area contributed by atoms with Crippen LogP contribution in [0.2, 0.25) is 0 Å². The molecule has 0 aliphatic carbocycles. The second-order valence-electron chi connectivity index (χ2n) is 4.15. The third-order valence-electron chi connectivity index (χ3n) is 2.81. The van der Waals surface area contributed by atoms with E-state index in [9.17, 15) is 0 Å². The van der Waals surface area contributed by atoms with E-state index in [0.29, 0.717) is 13.0 Å². The molecule has 0 aliphatic heterocycles. The van der Waals surface area contributed by atoms with Crippen molar-refractivity contribution < 1.29 is 0 Å². The van der Waals surface area contributed by atoms with Gasteiger partial charge in [-0.2, -0.15) is 5.26 Å². The minimum absolute atomic E-state index is 0.518. The summed E-state index contributed by atoms with van der Waals surface area (Å²) >= 11 is 0. The van der Waals surface area contributed by atoms with Crippen molar-refractivity contribution in [3.05, 3.63) is 35.9 Å². The third-order valence-corrected chi connectivity index (χ3v) is 2.81. The van der Waals surface area contributed by atoms with Gasteiger partial charge in [0.05, 0.1) is 18.0 Å². The molecular formula is C14H15N3. The minimum Gasteiger partial charge on any atom is -0.358 e.